The van der Waals surface area contributed by atoms with E-state index in [1.807, 2.05) is 11.4 Å². The Labute approximate surface area is 104 Å². The third-order valence-corrected chi connectivity index (χ3v) is 3.70. The van der Waals surface area contributed by atoms with Crippen molar-refractivity contribution in [3.05, 3.63) is 21.7 Å². The predicted octanol–water partition coefficient (Wildman–Crippen LogP) is 1.85. The molecule has 0 atom stereocenters. The summed E-state index contributed by atoms with van der Waals surface area (Å²) in [5.41, 5.74) is 0. The molecular weight excluding hydrogens is 294 g/mol. The van der Waals surface area contributed by atoms with Crippen molar-refractivity contribution in [3.8, 4) is 10.8 Å². The van der Waals surface area contributed by atoms with Gasteiger partial charge in [0.05, 0.1) is 6.42 Å². The van der Waals surface area contributed by atoms with E-state index in [1.54, 1.807) is 7.05 Å². The van der Waals surface area contributed by atoms with Gasteiger partial charge in [-0.25, -0.2) is 0 Å². The van der Waals surface area contributed by atoms with Gasteiger partial charge in [0.2, 0.25) is 5.91 Å². The molecule has 0 spiro atoms. The highest BCUT2D eigenvalue weighted by Crippen LogP contribution is 2.32. The molecule has 1 amide bonds. The number of nitrogens with zero attached hydrogens (tertiary/aromatic N) is 2. The monoisotopic (exact) mass is 301 g/mol. The maximum atomic E-state index is 11.1. The van der Waals surface area contributed by atoms with Crippen molar-refractivity contribution in [1.82, 2.24) is 15.5 Å². The molecule has 2 aromatic rings. The lowest BCUT2D eigenvalue weighted by Crippen LogP contribution is -2.20. The zero-order chi connectivity index (χ0) is 11.5. The van der Waals surface area contributed by atoms with Crippen LogP contribution in [0.2, 0.25) is 0 Å². The zero-order valence-corrected chi connectivity index (χ0v) is 10.8. The number of hydrogen-bond acceptors (Lipinski definition) is 5. The van der Waals surface area contributed by atoms with Crippen LogP contribution in [0.5, 0.6) is 0 Å². The summed E-state index contributed by atoms with van der Waals surface area (Å²) < 4.78 is 5.98. The first kappa shape index (κ1) is 11.3. The lowest BCUT2D eigenvalue weighted by atomic mass is 10.4. The Bertz CT molecular complexity index is 508. The number of amides is 1. The molecule has 0 saturated carbocycles. The minimum absolute atomic E-state index is 0.128. The Balaban J connectivity index is 2.20. The zero-order valence-electron chi connectivity index (χ0n) is 8.36. The number of likely N-dealkylation sites (N-methyl/N-ethyl adjacent to an activating group) is 1. The van der Waals surface area contributed by atoms with Crippen molar-refractivity contribution in [2.45, 2.75) is 6.42 Å². The average Bonchev–Trinajstić information content (AvgIpc) is 2.86. The van der Waals surface area contributed by atoms with Crippen molar-refractivity contribution >= 4 is 33.2 Å². The summed E-state index contributed by atoms with van der Waals surface area (Å²) in [6.45, 7) is 0. The van der Waals surface area contributed by atoms with E-state index >= 15 is 0 Å². The van der Waals surface area contributed by atoms with Crippen LogP contribution in [0.1, 0.15) is 5.82 Å². The number of carbonyl (C=O) groups is 1. The van der Waals surface area contributed by atoms with Gasteiger partial charge in [-0.15, -0.1) is 11.3 Å². The summed E-state index contributed by atoms with van der Waals surface area (Å²) in [5.74, 6) is 0.674. The number of rotatable bonds is 3. The Morgan fingerprint density at radius 3 is 3.12 bits per heavy atom. The van der Waals surface area contributed by atoms with Crippen molar-refractivity contribution < 1.29 is 9.32 Å². The second-order valence-corrected chi connectivity index (χ2v) is 4.73. The van der Waals surface area contributed by atoms with Gasteiger partial charge in [0.1, 0.15) is 4.88 Å². The standard InChI is InChI=1S/C9H8BrN3O2S/c1-11-7(14)4-6-12-9(15-13-6)8-5(10)2-3-16-8/h2-3H,4H2,1H3,(H,11,14). The normalized spacial score (nSPS) is 10.4. The second-order valence-electron chi connectivity index (χ2n) is 2.96. The van der Waals surface area contributed by atoms with E-state index < -0.39 is 0 Å². The van der Waals surface area contributed by atoms with Crippen LogP contribution in [0.25, 0.3) is 10.8 Å². The molecule has 2 rings (SSSR count). The van der Waals surface area contributed by atoms with Gasteiger partial charge in [0.15, 0.2) is 5.82 Å². The molecule has 0 aliphatic carbocycles. The third kappa shape index (κ3) is 2.30. The van der Waals surface area contributed by atoms with Crippen molar-refractivity contribution in [1.29, 1.82) is 0 Å². The third-order valence-electron chi connectivity index (χ3n) is 1.88. The summed E-state index contributed by atoms with van der Waals surface area (Å²) in [6.07, 6.45) is 0.128. The van der Waals surface area contributed by atoms with Crippen LogP contribution < -0.4 is 5.32 Å². The van der Waals surface area contributed by atoms with E-state index in [2.05, 4.69) is 31.4 Å². The highest BCUT2D eigenvalue weighted by Gasteiger charge is 2.14. The van der Waals surface area contributed by atoms with Crippen LogP contribution in [0.3, 0.4) is 0 Å². The number of halogens is 1. The fraction of sp³-hybridized carbons (Fsp3) is 0.222. The van der Waals surface area contributed by atoms with Crippen LogP contribution in [-0.2, 0) is 11.2 Å². The second kappa shape index (κ2) is 4.75. The van der Waals surface area contributed by atoms with E-state index in [1.165, 1.54) is 11.3 Å². The van der Waals surface area contributed by atoms with Gasteiger partial charge >= 0.3 is 0 Å². The maximum Gasteiger partial charge on any atom is 0.269 e. The molecular formula is C9H8BrN3O2S. The Morgan fingerprint density at radius 1 is 1.69 bits per heavy atom. The number of carbonyl (C=O) groups excluding carboxylic acids is 1. The number of thiophene rings is 1. The van der Waals surface area contributed by atoms with E-state index in [0.29, 0.717) is 11.7 Å². The summed E-state index contributed by atoms with van der Waals surface area (Å²) in [7, 11) is 1.57. The van der Waals surface area contributed by atoms with Gasteiger partial charge in [0.25, 0.3) is 5.89 Å². The molecule has 2 aromatic heterocycles. The minimum atomic E-state index is -0.141. The molecule has 0 unspecified atom stereocenters. The summed E-state index contributed by atoms with van der Waals surface area (Å²) >= 11 is 4.88. The van der Waals surface area contributed by atoms with Crippen LogP contribution in [0.15, 0.2) is 20.4 Å². The lowest BCUT2D eigenvalue weighted by molar-refractivity contribution is -0.120. The van der Waals surface area contributed by atoms with Crippen LogP contribution >= 0.6 is 27.3 Å². The van der Waals surface area contributed by atoms with Crippen molar-refractivity contribution in [3.63, 3.8) is 0 Å². The molecule has 16 heavy (non-hydrogen) atoms. The molecule has 5 nitrogen and oxygen atoms in total. The number of nitrogens with one attached hydrogen (secondary N) is 1. The molecule has 0 fully saturated rings. The molecule has 2 heterocycles. The predicted molar refractivity (Wildman–Crippen MR) is 63.1 cm³/mol. The largest absolute Gasteiger partial charge is 0.359 e. The smallest absolute Gasteiger partial charge is 0.269 e. The van der Waals surface area contributed by atoms with E-state index in [0.717, 1.165) is 9.35 Å². The molecule has 7 heteroatoms. The Morgan fingerprint density at radius 2 is 2.50 bits per heavy atom. The number of hydrogen-bond donors (Lipinski definition) is 1. The van der Waals surface area contributed by atoms with Gasteiger partial charge in [0, 0.05) is 11.5 Å². The molecule has 84 valence electrons. The van der Waals surface area contributed by atoms with Gasteiger partial charge in [-0.05, 0) is 27.4 Å². The van der Waals surface area contributed by atoms with Gasteiger partial charge in [-0.3, -0.25) is 4.79 Å². The van der Waals surface area contributed by atoms with E-state index in [9.17, 15) is 4.79 Å². The first-order valence-corrected chi connectivity index (χ1v) is 6.14. The SMILES string of the molecule is CNC(=O)Cc1noc(-c2sccc2Br)n1. The highest BCUT2D eigenvalue weighted by atomic mass is 79.9. The first-order valence-electron chi connectivity index (χ1n) is 4.47. The number of aromatic nitrogens is 2. The molecule has 0 aromatic carbocycles. The maximum absolute atomic E-state index is 11.1. The minimum Gasteiger partial charge on any atom is -0.359 e. The summed E-state index contributed by atoms with van der Waals surface area (Å²) in [5, 5.41) is 8.16. The van der Waals surface area contributed by atoms with E-state index in [-0.39, 0.29) is 12.3 Å². The van der Waals surface area contributed by atoms with Gasteiger partial charge in [-0.1, -0.05) is 5.16 Å². The van der Waals surface area contributed by atoms with Crippen LogP contribution in [-0.4, -0.2) is 23.1 Å². The lowest BCUT2D eigenvalue weighted by Gasteiger charge is -1.91. The molecule has 0 aliphatic heterocycles. The van der Waals surface area contributed by atoms with Gasteiger partial charge in [-0.2, -0.15) is 4.98 Å². The van der Waals surface area contributed by atoms with E-state index in [4.69, 9.17) is 4.52 Å². The highest BCUT2D eigenvalue weighted by molar-refractivity contribution is 9.10. The molecule has 1 N–H and O–H groups in total. The van der Waals surface area contributed by atoms with Crippen molar-refractivity contribution in [2.24, 2.45) is 0 Å². The Kier molecular flexibility index (Phi) is 3.35. The molecule has 0 aliphatic rings. The average molecular weight is 302 g/mol. The molecule has 0 saturated heterocycles. The quantitative estimate of drug-likeness (QED) is 0.939. The fourth-order valence-corrected chi connectivity index (χ4v) is 2.56. The van der Waals surface area contributed by atoms with Crippen LogP contribution in [0.4, 0.5) is 0 Å². The van der Waals surface area contributed by atoms with Crippen LogP contribution in [0, 0.1) is 0 Å². The topological polar surface area (TPSA) is 68.0 Å². The molecule has 0 bridgehead atoms. The fourth-order valence-electron chi connectivity index (χ4n) is 1.10. The Hall–Kier alpha value is -1.21. The van der Waals surface area contributed by atoms with Crippen molar-refractivity contribution in [2.75, 3.05) is 7.05 Å². The first-order chi connectivity index (χ1) is 7.70. The van der Waals surface area contributed by atoms with Gasteiger partial charge < -0.3 is 9.84 Å². The molecule has 0 radical (unpaired) electrons. The summed E-state index contributed by atoms with van der Waals surface area (Å²) in [6, 6.07) is 1.91. The summed E-state index contributed by atoms with van der Waals surface area (Å²) in [4.78, 5) is 16.1.